The summed E-state index contributed by atoms with van der Waals surface area (Å²) in [6.45, 7) is 1.12. The number of sulfonamides is 1. The van der Waals surface area contributed by atoms with Crippen LogP contribution < -0.4 is 11.2 Å². The highest BCUT2D eigenvalue weighted by molar-refractivity contribution is 7.89. The topological polar surface area (TPSA) is 112 Å². The fourth-order valence-corrected chi connectivity index (χ4v) is 3.64. The van der Waals surface area contributed by atoms with Crippen molar-refractivity contribution in [1.82, 2.24) is 4.31 Å². The van der Waals surface area contributed by atoms with Crippen molar-refractivity contribution in [2.75, 3.05) is 18.5 Å². The molecule has 0 bridgehead atoms. The molecule has 0 saturated carbocycles. The van der Waals surface area contributed by atoms with E-state index in [0.717, 1.165) is 12.8 Å². The van der Waals surface area contributed by atoms with Crippen LogP contribution in [0.5, 0.6) is 0 Å². The van der Waals surface area contributed by atoms with Gasteiger partial charge in [0, 0.05) is 13.1 Å². The Hall–Kier alpha value is -2.02. The first-order valence-corrected chi connectivity index (χ1v) is 8.44. The van der Waals surface area contributed by atoms with E-state index in [1.54, 1.807) is 18.2 Å². The molecule has 2 rings (SSSR count). The van der Waals surface area contributed by atoms with E-state index in [1.165, 1.54) is 16.4 Å². The highest BCUT2D eigenvalue weighted by Crippen LogP contribution is 2.22. The van der Waals surface area contributed by atoms with E-state index in [4.69, 9.17) is 11.0 Å². The zero-order valence-corrected chi connectivity index (χ0v) is 13.3. The summed E-state index contributed by atoms with van der Waals surface area (Å²) in [6.07, 6.45) is 1.78. The summed E-state index contributed by atoms with van der Waals surface area (Å²) < 4.78 is 26.2. The van der Waals surface area contributed by atoms with E-state index in [9.17, 15) is 8.42 Å². The lowest BCUT2D eigenvalue weighted by molar-refractivity contribution is 0.477. The van der Waals surface area contributed by atoms with Crippen LogP contribution in [0.3, 0.4) is 0 Å². The molecule has 0 aromatic heterocycles. The van der Waals surface area contributed by atoms with E-state index in [0.29, 0.717) is 18.8 Å². The van der Waals surface area contributed by atoms with Crippen LogP contribution in [0.1, 0.15) is 12.8 Å². The largest absolute Gasteiger partial charge is 0.387 e. The van der Waals surface area contributed by atoms with Gasteiger partial charge in [-0.1, -0.05) is 12.2 Å². The van der Waals surface area contributed by atoms with Crippen LogP contribution in [0.2, 0.25) is 0 Å². The van der Waals surface area contributed by atoms with Gasteiger partial charge >= 0.3 is 0 Å². The third-order valence-electron chi connectivity index (χ3n) is 3.19. The Morgan fingerprint density at radius 3 is 2.41 bits per heavy atom. The molecule has 7 nitrogen and oxygen atoms in total. The van der Waals surface area contributed by atoms with Gasteiger partial charge < -0.3 is 5.73 Å². The predicted molar refractivity (Wildman–Crippen MR) is 87.9 cm³/mol. The smallest absolute Gasteiger partial charge is 0.243 e. The summed E-state index contributed by atoms with van der Waals surface area (Å²) in [4.78, 5) is 0.127. The lowest BCUT2D eigenvalue weighted by Crippen LogP contribution is -2.27. The molecule has 116 valence electrons. The van der Waals surface area contributed by atoms with Gasteiger partial charge in [-0.2, -0.15) is 14.7 Å². The fourth-order valence-electron chi connectivity index (χ4n) is 2.03. The van der Waals surface area contributed by atoms with Crippen molar-refractivity contribution in [2.24, 2.45) is 10.8 Å². The first kappa shape index (κ1) is 16.4. The van der Waals surface area contributed by atoms with Gasteiger partial charge in [-0.15, -0.1) is 0 Å². The van der Waals surface area contributed by atoms with Gasteiger partial charge in [0.25, 0.3) is 0 Å². The number of rotatable bonds is 5. The number of nitrogens with zero attached hydrogens (tertiary/aromatic N) is 3. The molecular formula is C13H15N5O2S2. The molecule has 1 aromatic carbocycles. The molecule has 1 aliphatic rings. The van der Waals surface area contributed by atoms with Crippen LogP contribution in [0.4, 0.5) is 5.69 Å². The molecule has 0 unspecified atom stereocenters. The molecule has 0 radical (unpaired) electrons. The Bertz CT molecular complexity index is 729. The third-order valence-corrected chi connectivity index (χ3v) is 5.30. The van der Waals surface area contributed by atoms with Crippen molar-refractivity contribution < 1.29 is 8.42 Å². The Balaban J connectivity index is 2.14. The van der Waals surface area contributed by atoms with Gasteiger partial charge in [0.15, 0.2) is 5.71 Å². The maximum Gasteiger partial charge on any atom is 0.243 e. The Morgan fingerprint density at radius 2 is 1.91 bits per heavy atom. The van der Waals surface area contributed by atoms with Gasteiger partial charge in [0.05, 0.1) is 10.6 Å². The zero-order chi connectivity index (χ0) is 16.2. The molecule has 1 aliphatic heterocycles. The maximum absolute atomic E-state index is 12.3. The minimum Gasteiger partial charge on any atom is -0.387 e. The van der Waals surface area contributed by atoms with Gasteiger partial charge in [-0.3, -0.25) is 5.43 Å². The minimum atomic E-state index is -3.43. The third kappa shape index (κ3) is 3.59. The van der Waals surface area contributed by atoms with Crippen molar-refractivity contribution in [3.05, 3.63) is 24.3 Å². The van der Waals surface area contributed by atoms with Crippen molar-refractivity contribution in [1.29, 1.82) is 5.26 Å². The van der Waals surface area contributed by atoms with Crippen molar-refractivity contribution in [3.8, 4) is 6.07 Å². The molecule has 0 atom stereocenters. The van der Waals surface area contributed by atoms with Crippen LogP contribution >= 0.6 is 12.2 Å². The molecule has 0 aliphatic carbocycles. The second-order valence-electron chi connectivity index (χ2n) is 4.68. The predicted octanol–water partition coefficient (Wildman–Crippen LogP) is 1.05. The summed E-state index contributed by atoms with van der Waals surface area (Å²) in [6, 6.07) is 7.90. The summed E-state index contributed by atoms with van der Waals surface area (Å²) in [5.74, 6) is 0. The van der Waals surface area contributed by atoms with E-state index < -0.39 is 10.0 Å². The average molecular weight is 337 g/mol. The van der Waals surface area contributed by atoms with Gasteiger partial charge in [0.2, 0.25) is 10.0 Å². The van der Waals surface area contributed by atoms with E-state index in [-0.39, 0.29) is 15.6 Å². The summed E-state index contributed by atoms with van der Waals surface area (Å²) in [7, 11) is -3.43. The number of hydrogen-bond acceptors (Lipinski definition) is 6. The average Bonchev–Trinajstić information content (AvgIpc) is 3.03. The number of hydrazone groups is 1. The number of nitrogens with one attached hydrogen (secondary N) is 1. The van der Waals surface area contributed by atoms with Crippen LogP contribution in [0.15, 0.2) is 34.3 Å². The monoisotopic (exact) mass is 337 g/mol. The minimum absolute atomic E-state index is 0.0937. The number of anilines is 1. The Morgan fingerprint density at radius 1 is 1.32 bits per heavy atom. The van der Waals surface area contributed by atoms with E-state index >= 15 is 0 Å². The van der Waals surface area contributed by atoms with Crippen LogP contribution in [-0.4, -0.2) is 36.5 Å². The summed E-state index contributed by atoms with van der Waals surface area (Å²) in [5.41, 5.74) is 8.37. The molecule has 0 spiro atoms. The van der Waals surface area contributed by atoms with Gasteiger partial charge in [0.1, 0.15) is 11.1 Å². The Labute approximate surface area is 134 Å². The molecule has 22 heavy (non-hydrogen) atoms. The standard InChI is InChI=1S/C13H15N5O2S2/c14-9-12(13(15)21)17-16-10-3-5-11(6-4-10)22(19,20)18-7-1-2-8-18/h3-6,16H,1-2,7-8H2,(H2,15,21). The normalized spacial score (nSPS) is 16.2. The van der Waals surface area contributed by atoms with Crippen LogP contribution in [-0.2, 0) is 10.0 Å². The Kier molecular flexibility index (Phi) is 5.07. The van der Waals surface area contributed by atoms with E-state index in [2.05, 4.69) is 22.7 Å². The maximum atomic E-state index is 12.3. The molecule has 1 aromatic rings. The van der Waals surface area contributed by atoms with Crippen LogP contribution in [0.25, 0.3) is 0 Å². The van der Waals surface area contributed by atoms with Gasteiger partial charge in [-0.05, 0) is 37.1 Å². The zero-order valence-electron chi connectivity index (χ0n) is 11.7. The number of nitrogens with two attached hydrogens (primary N) is 1. The van der Waals surface area contributed by atoms with E-state index in [1.807, 2.05) is 0 Å². The van der Waals surface area contributed by atoms with Gasteiger partial charge in [-0.25, -0.2) is 8.42 Å². The quantitative estimate of drug-likeness (QED) is 0.472. The highest BCUT2D eigenvalue weighted by Gasteiger charge is 2.26. The highest BCUT2D eigenvalue weighted by atomic mass is 32.2. The summed E-state index contributed by atoms with van der Waals surface area (Å²) in [5, 5.41) is 12.5. The molecule has 9 heteroatoms. The molecule has 1 fully saturated rings. The van der Waals surface area contributed by atoms with Crippen LogP contribution in [0, 0.1) is 11.3 Å². The number of benzene rings is 1. The molecular weight excluding hydrogens is 322 g/mol. The number of hydrogen-bond donors (Lipinski definition) is 2. The molecule has 3 N–H and O–H groups in total. The lowest BCUT2D eigenvalue weighted by atomic mass is 10.3. The molecule has 0 amide bonds. The number of thiocarbonyl (C=S) groups is 1. The number of nitriles is 1. The lowest BCUT2D eigenvalue weighted by Gasteiger charge is -2.15. The SMILES string of the molecule is N#CC(=NNc1ccc(S(=O)(=O)N2CCCC2)cc1)C(N)=S. The first-order chi connectivity index (χ1) is 10.4. The van der Waals surface area contributed by atoms with Crippen molar-refractivity contribution in [3.63, 3.8) is 0 Å². The molecule has 1 saturated heterocycles. The summed E-state index contributed by atoms with van der Waals surface area (Å²) >= 11 is 4.66. The second-order valence-corrected chi connectivity index (χ2v) is 7.06. The fraction of sp³-hybridized carbons (Fsp3) is 0.308. The second kappa shape index (κ2) is 6.83. The van der Waals surface area contributed by atoms with Crippen molar-refractivity contribution >= 4 is 38.6 Å². The molecule has 1 heterocycles. The first-order valence-electron chi connectivity index (χ1n) is 6.59. The van der Waals surface area contributed by atoms with Crippen molar-refractivity contribution in [2.45, 2.75) is 17.7 Å².